The summed E-state index contributed by atoms with van der Waals surface area (Å²) in [5.41, 5.74) is 5.16. The quantitative estimate of drug-likeness (QED) is 0.678. The zero-order valence-corrected chi connectivity index (χ0v) is 15.6. The molecule has 0 aliphatic rings. The number of halogens is 1. The van der Waals surface area contributed by atoms with Crippen LogP contribution in [-0.4, -0.2) is 15.9 Å². The van der Waals surface area contributed by atoms with Crippen LogP contribution < -0.4 is 10.6 Å². The predicted octanol–water partition coefficient (Wildman–Crippen LogP) is 5.05. The normalized spacial score (nSPS) is 10.5. The molecule has 0 fully saturated rings. The fourth-order valence-electron chi connectivity index (χ4n) is 2.43. The molecule has 0 radical (unpaired) electrons. The first-order chi connectivity index (χ1) is 12.4. The molecule has 0 bridgehead atoms. The van der Waals surface area contributed by atoms with Gasteiger partial charge in [0.05, 0.1) is 12.4 Å². The third-order valence-electron chi connectivity index (χ3n) is 4.10. The molecule has 2 aromatic carbocycles. The van der Waals surface area contributed by atoms with Crippen LogP contribution in [0.4, 0.5) is 17.2 Å². The van der Waals surface area contributed by atoms with Crippen LogP contribution in [0, 0.1) is 20.8 Å². The van der Waals surface area contributed by atoms with E-state index in [0.717, 1.165) is 22.5 Å². The number of aryl methyl sites for hydroxylation is 3. The molecule has 1 heterocycles. The summed E-state index contributed by atoms with van der Waals surface area (Å²) >= 11 is 5.96. The molecule has 1 aromatic heterocycles. The Kier molecular flexibility index (Phi) is 5.19. The van der Waals surface area contributed by atoms with E-state index in [1.54, 1.807) is 6.07 Å². The molecule has 6 heteroatoms. The van der Waals surface area contributed by atoms with Crippen LogP contribution >= 0.6 is 11.6 Å². The van der Waals surface area contributed by atoms with Crippen LogP contribution in [0.25, 0.3) is 0 Å². The topological polar surface area (TPSA) is 66.9 Å². The molecular formula is C20H19ClN4O. The number of carbonyl (C=O) groups excluding carboxylic acids is 1. The van der Waals surface area contributed by atoms with Crippen molar-refractivity contribution in [3.8, 4) is 0 Å². The van der Waals surface area contributed by atoms with E-state index in [9.17, 15) is 4.79 Å². The Morgan fingerprint density at radius 3 is 2.38 bits per heavy atom. The second-order valence-electron chi connectivity index (χ2n) is 6.12. The third-order valence-corrected chi connectivity index (χ3v) is 4.34. The molecular weight excluding hydrogens is 348 g/mol. The molecule has 0 unspecified atom stereocenters. The Bertz CT molecular complexity index is 955. The summed E-state index contributed by atoms with van der Waals surface area (Å²) in [7, 11) is 0. The van der Waals surface area contributed by atoms with E-state index in [4.69, 9.17) is 11.6 Å². The highest BCUT2D eigenvalue weighted by atomic mass is 35.5. The number of hydrogen-bond donors (Lipinski definition) is 2. The van der Waals surface area contributed by atoms with E-state index in [1.165, 1.54) is 18.0 Å². The van der Waals surface area contributed by atoms with Crippen molar-refractivity contribution in [1.29, 1.82) is 0 Å². The standard InChI is InChI=1S/C20H19ClN4O/c1-12-4-6-16(9-13(12)2)24-20(26)18-10-23-19(11-22-18)25-17-7-5-15(21)8-14(17)3/h4-11H,1-3H3,(H,23,25)(H,24,26). The summed E-state index contributed by atoms with van der Waals surface area (Å²) in [6.07, 6.45) is 2.98. The number of amides is 1. The number of aromatic nitrogens is 2. The predicted molar refractivity (Wildman–Crippen MR) is 105 cm³/mol. The molecule has 0 spiro atoms. The van der Waals surface area contributed by atoms with E-state index in [2.05, 4.69) is 20.6 Å². The lowest BCUT2D eigenvalue weighted by Crippen LogP contribution is -2.14. The van der Waals surface area contributed by atoms with Crippen molar-refractivity contribution in [1.82, 2.24) is 9.97 Å². The van der Waals surface area contributed by atoms with Gasteiger partial charge in [-0.2, -0.15) is 0 Å². The minimum Gasteiger partial charge on any atom is -0.339 e. The first kappa shape index (κ1) is 17.9. The lowest BCUT2D eigenvalue weighted by molar-refractivity contribution is 0.102. The molecule has 0 aliphatic heterocycles. The van der Waals surface area contributed by atoms with Gasteiger partial charge in [-0.3, -0.25) is 4.79 Å². The lowest BCUT2D eigenvalue weighted by Gasteiger charge is -2.10. The van der Waals surface area contributed by atoms with Gasteiger partial charge in [-0.05, 0) is 67.8 Å². The van der Waals surface area contributed by atoms with Crippen LogP contribution in [-0.2, 0) is 0 Å². The molecule has 5 nitrogen and oxygen atoms in total. The maximum absolute atomic E-state index is 12.3. The van der Waals surface area contributed by atoms with Gasteiger partial charge in [-0.1, -0.05) is 17.7 Å². The molecule has 26 heavy (non-hydrogen) atoms. The van der Waals surface area contributed by atoms with Crippen LogP contribution in [0.2, 0.25) is 5.02 Å². The number of benzene rings is 2. The Labute approximate surface area is 157 Å². The number of hydrogen-bond acceptors (Lipinski definition) is 4. The fourth-order valence-corrected chi connectivity index (χ4v) is 2.66. The van der Waals surface area contributed by atoms with Gasteiger partial charge >= 0.3 is 0 Å². The largest absolute Gasteiger partial charge is 0.339 e. The molecule has 1 amide bonds. The Morgan fingerprint density at radius 1 is 0.923 bits per heavy atom. The van der Waals surface area contributed by atoms with E-state index in [1.807, 2.05) is 51.1 Å². The van der Waals surface area contributed by atoms with Crippen molar-refractivity contribution >= 4 is 34.7 Å². The smallest absolute Gasteiger partial charge is 0.275 e. The zero-order valence-electron chi connectivity index (χ0n) is 14.8. The van der Waals surface area contributed by atoms with E-state index in [0.29, 0.717) is 10.8 Å². The van der Waals surface area contributed by atoms with Gasteiger partial charge < -0.3 is 10.6 Å². The number of nitrogens with one attached hydrogen (secondary N) is 2. The van der Waals surface area contributed by atoms with Crippen LogP contribution in [0.5, 0.6) is 0 Å². The molecule has 2 N–H and O–H groups in total. The van der Waals surface area contributed by atoms with Gasteiger partial charge in [-0.25, -0.2) is 9.97 Å². The zero-order chi connectivity index (χ0) is 18.7. The highest BCUT2D eigenvalue weighted by Gasteiger charge is 2.09. The summed E-state index contributed by atoms with van der Waals surface area (Å²) < 4.78 is 0. The second kappa shape index (κ2) is 7.54. The van der Waals surface area contributed by atoms with E-state index < -0.39 is 0 Å². The highest BCUT2D eigenvalue weighted by molar-refractivity contribution is 6.30. The van der Waals surface area contributed by atoms with Crippen molar-refractivity contribution in [2.45, 2.75) is 20.8 Å². The molecule has 0 atom stereocenters. The van der Waals surface area contributed by atoms with Crippen LogP contribution in [0.1, 0.15) is 27.2 Å². The van der Waals surface area contributed by atoms with E-state index in [-0.39, 0.29) is 11.6 Å². The van der Waals surface area contributed by atoms with Crippen molar-refractivity contribution in [3.05, 3.63) is 76.2 Å². The minimum absolute atomic E-state index is 0.251. The Morgan fingerprint density at radius 2 is 1.73 bits per heavy atom. The molecule has 132 valence electrons. The van der Waals surface area contributed by atoms with Gasteiger partial charge in [0.15, 0.2) is 0 Å². The van der Waals surface area contributed by atoms with Crippen LogP contribution in [0.3, 0.4) is 0 Å². The first-order valence-corrected chi connectivity index (χ1v) is 8.54. The summed E-state index contributed by atoms with van der Waals surface area (Å²) in [6.45, 7) is 5.98. The average molecular weight is 367 g/mol. The summed E-state index contributed by atoms with van der Waals surface area (Å²) in [5.74, 6) is 0.258. The third kappa shape index (κ3) is 4.18. The van der Waals surface area contributed by atoms with Crippen molar-refractivity contribution < 1.29 is 4.79 Å². The number of rotatable bonds is 4. The Hall–Kier alpha value is -2.92. The van der Waals surface area contributed by atoms with Gasteiger partial charge in [-0.15, -0.1) is 0 Å². The van der Waals surface area contributed by atoms with Gasteiger partial charge in [0.2, 0.25) is 0 Å². The molecule has 0 aliphatic carbocycles. The summed E-state index contributed by atoms with van der Waals surface area (Å²) in [5, 5.41) is 6.68. The second-order valence-corrected chi connectivity index (χ2v) is 6.56. The highest BCUT2D eigenvalue weighted by Crippen LogP contribution is 2.22. The lowest BCUT2D eigenvalue weighted by atomic mass is 10.1. The number of nitrogens with zero attached hydrogens (tertiary/aromatic N) is 2. The molecule has 0 saturated heterocycles. The molecule has 3 rings (SSSR count). The Balaban J connectivity index is 1.70. The summed E-state index contributed by atoms with van der Waals surface area (Å²) in [6, 6.07) is 11.3. The van der Waals surface area contributed by atoms with Crippen LogP contribution in [0.15, 0.2) is 48.8 Å². The fraction of sp³-hybridized carbons (Fsp3) is 0.150. The van der Waals surface area contributed by atoms with Crippen molar-refractivity contribution in [3.63, 3.8) is 0 Å². The van der Waals surface area contributed by atoms with E-state index >= 15 is 0 Å². The SMILES string of the molecule is Cc1ccc(NC(=O)c2cnc(Nc3ccc(Cl)cc3C)cn2)cc1C. The minimum atomic E-state index is -0.296. The van der Waals surface area contributed by atoms with Gasteiger partial charge in [0.1, 0.15) is 11.5 Å². The van der Waals surface area contributed by atoms with Crippen molar-refractivity contribution in [2.75, 3.05) is 10.6 Å². The van der Waals surface area contributed by atoms with Gasteiger partial charge in [0, 0.05) is 16.4 Å². The summed E-state index contributed by atoms with van der Waals surface area (Å²) in [4.78, 5) is 20.8. The number of anilines is 3. The van der Waals surface area contributed by atoms with Crippen molar-refractivity contribution in [2.24, 2.45) is 0 Å². The average Bonchev–Trinajstić information content (AvgIpc) is 2.61. The first-order valence-electron chi connectivity index (χ1n) is 8.16. The monoisotopic (exact) mass is 366 g/mol. The number of carbonyl (C=O) groups is 1. The van der Waals surface area contributed by atoms with Gasteiger partial charge in [0.25, 0.3) is 5.91 Å². The molecule has 3 aromatic rings. The maximum Gasteiger partial charge on any atom is 0.275 e. The maximum atomic E-state index is 12.3. The molecule has 0 saturated carbocycles.